The van der Waals surface area contributed by atoms with Gasteiger partial charge < -0.3 is 4.98 Å². The molecule has 3 rings (SSSR count). The Morgan fingerprint density at radius 2 is 2.12 bits per heavy atom. The summed E-state index contributed by atoms with van der Waals surface area (Å²) < 4.78 is 22.9. The maximum atomic E-state index is 11.4. The van der Waals surface area contributed by atoms with E-state index in [0.717, 1.165) is 16.9 Å². The van der Waals surface area contributed by atoms with Gasteiger partial charge in [-0.2, -0.15) is 0 Å². The molecule has 1 heterocycles. The quantitative estimate of drug-likeness (QED) is 0.887. The number of imidazole rings is 1. The van der Waals surface area contributed by atoms with Gasteiger partial charge in [-0.05, 0) is 30.5 Å². The van der Waals surface area contributed by atoms with Gasteiger partial charge >= 0.3 is 0 Å². The van der Waals surface area contributed by atoms with Crippen molar-refractivity contribution < 1.29 is 8.42 Å². The van der Waals surface area contributed by atoms with Gasteiger partial charge in [0, 0.05) is 12.2 Å². The van der Waals surface area contributed by atoms with Crippen LogP contribution in [0.25, 0.3) is 11.0 Å². The maximum absolute atomic E-state index is 11.4. The highest BCUT2D eigenvalue weighted by Crippen LogP contribution is 2.45. The summed E-state index contributed by atoms with van der Waals surface area (Å²) in [7, 11) is -3.15. The van der Waals surface area contributed by atoms with Crippen LogP contribution in [0, 0.1) is 5.92 Å². The largest absolute Gasteiger partial charge is 0.342 e. The first-order valence-electron chi connectivity index (χ1n) is 5.65. The number of H-pyrrole nitrogens is 1. The smallest absolute Gasteiger partial charge is 0.175 e. The number of fused-ring (bicyclic) bond motifs is 1. The van der Waals surface area contributed by atoms with Crippen LogP contribution in [0.3, 0.4) is 0 Å². The van der Waals surface area contributed by atoms with Crippen molar-refractivity contribution in [1.29, 1.82) is 0 Å². The van der Waals surface area contributed by atoms with Crippen molar-refractivity contribution in [1.82, 2.24) is 9.97 Å². The van der Waals surface area contributed by atoms with E-state index in [1.54, 1.807) is 18.2 Å². The minimum absolute atomic E-state index is 0.337. The monoisotopic (exact) mass is 250 g/mol. The predicted molar refractivity (Wildman–Crippen MR) is 65.7 cm³/mol. The summed E-state index contributed by atoms with van der Waals surface area (Å²) in [4.78, 5) is 8.06. The Morgan fingerprint density at radius 3 is 2.71 bits per heavy atom. The molecule has 1 aliphatic carbocycles. The number of benzene rings is 1. The third kappa shape index (κ3) is 1.84. The predicted octanol–water partition coefficient (Wildman–Crippen LogP) is 2.09. The number of nitrogens with one attached hydrogen (secondary N) is 1. The Balaban J connectivity index is 2.11. The lowest BCUT2D eigenvalue weighted by atomic mass is 10.3. The molecule has 0 amide bonds. The normalized spacial score (nSPS) is 24.1. The molecule has 2 unspecified atom stereocenters. The molecule has 4 nitrogen and oxygen atoms in total. The Labute approximate surface area is 100.0 Å². The van der Waals surface area contributed by atoms with E-state index in [9.17, 15) is 8.42 Å². The fourth-order valence-corrected chi connectivity index (χ4v) is 2.76. The summed E-state index contributed by atoms with van der Waals surface area (Å²) in [5.41, 5.74) is 1.65. The summed E-state index contributed by atoms with van der Waals surface area (Å²) in [6.45, 7) is 2.19. The highest BCUT2D eigenvalue weighted by molar-refractivity contribution is 7.90. The molecular weight excluding hydrogens is 236 g/mol. The summed E-state index contributed by atoms with van der Waals surface area (Å²) in [6.07, 6.45) is 2.38. The van der Waals surface area contributed by atoms with Crippen LogP contribution < -0.4 is 0 Å². The number of hydrogen-bond acceptors (Lipinski definition) is 3. The summed E-state index contributed by atoms with van der Waals surface area (Å²) >= 11 is 0. The van der Waals surface area contributed by atoms with Crippen LogP contribution in [-0.2, 0) is 9.84 Å². The van der Waals surface area contributed by atoms with E-state index >= 15 is 0 Å². The summed E-state index contributed by atoms with van der Waals surface area (Å²) in [6, 6.07) is 5.03. The zero-order chi connectivity index (χ0) is 12.2. The van der Waals surface area contributed by atoms with Crippen LogP contribution >= 0.6 is 0 Å². The molecule has 1 aromatic heterocycles. The lowest BCUT2D eigenvalue weighted by Gasteiger charge is -1.96. The number of aromatic nitrogens is 2. The minimum Gasteiger partial charge on any atom is -0.342 e. The SMILES string of the molecule is CC1CC1c1nc2ccc(S(C)(=O)=O)cc2[nH]1. The van der Waals surface area contributed by atoms with E-state index in [1.165, 1.54) is 12.7 Å². The number of aromatic amines is 1. The van der Waals surface area contributed by atoms with Gasteiger partial charge in [0.2, 0.25) is 0 Å². The van der Waals surface area contributed by atoms with Gasteiger partial charge in [-0.3, -0.25) is 0 Å². The van der Waals surface area contributed by atoms with Crippen molar-refractivity contribution in [2.75, 3.05) is 6.26 Å². The average molecular weight is 250 g/mol. The molecule has 2 aromatic rings. The average Bonchev–Trinajstić information content (AvgIpc) is 2.83. The molecule has 1 saturated carbocycles. The number of sulfone groups is 1. The molecule has 0 radical (unpaired) electrons. The standard InChI is InChI=1S/C12H14N2O2S/c1-7-5-9(7)12-13-10-4-3-8(17(2,15)16)6-11(10)14-12/h3-4,6-7,9H,5H2,1-2H3,(H,13,14). The zero-order valence-electron chi connectivity index (χ0n) is 9.77. The van der Waals surface area contributed by atoms with Gasteiger partial charge in [0.05, 0.1) is 15.9 Å². The van der Waals surface area contributed by atoms with Crippen molar-refractivity contribution >= 4 is 20.9 Å². The molecule has 5 heteroatoms. The number of rotatable bonds is 2. The van der Waals surface area contributed by atoms with Gasteiger partial charge in [-0.1, -0.05) is 6.92 Å². The molecule has 1 fully saturated rings. The highest BCUT2D eigenvalue weighted by atomic mass is 32.2. The first-order valence-corrected chi connectivity index (χ1v) is 7.54. The van der Waals surface area contributed by atoms with Crippen molar-refractivity contribution in [2.24, 2.45) is 5.92 Å². The Morgan fingerprint density at radius 1 is 1.41 bits per heavy atom. The van der Waals surface area contributed by atoms with Gasteiger partial charge in [-0.25, -0.2) is 13.4 Å². The van der Waals surface area contributed by atoms with Crippen LogP contribution in [-0.4, -0.2) is 24.6 Å². The van der Waals surface area contributed by atoms with Crippen molar-refractivity contribution in [3.63, 3.8) is 0 Å². The van der Waals surface area contributed by atoms with Crippen LogP contribution in [0.15, 0.2) is 23.1 Å². The number of nitrogens with zero attached hydrogens (tertiary/aromatic N) is 1. The molecule has 0 bridgehead atoms. The topological polar surface area (TPSA) is 62.8 Å². The van der Waals surface area contributed by atoms with Gasteiger partial charge in [0.25, 0.3) is 0 Å². The van der Waals surface area contributed by atoms with E-state index in [4.69, 9.17) is 0 Å². The van der Waals surface area contributed by atoms with Gasteiger partial charge in [0.15, 0.2) is 9.84 Å². The molecule has 2 atom stereocenters. The molecule has 17 heavy (non-hydrogen) atoms. The van der Waals surface area contributed by atoms with Crippen molar-refractivity contribution in [2.45, 2.75) is 24.2 Å². The van der Waals surface area contributed by atoms with E-state index in [0.29, 0.717) is 16.7 Å². The van der Waals surface area contributed by atoms with Gasteiger partial charge in [0.1, 0.15) is 5.82 Å². The van der Waals surface area contributed by atoms with E-state index < -0.39 is 9.84 Å². The second-order valence-corrected chi connectivity index (χ2v) is 6.91. The molecule has 0 aliphatic heterocycles. The van der Waals surface area contributed by atoms with Crippen LogP contribution in [0.1, 0.15) is 25.1 Å². The van der Waals surface area contributed by atoms with Crippen molar-refractivity contribution in [3.05, 3.63) is 24.0 Å². The summed E-state index contributed by atoms with van der Waals surface area (Å²) in [5.74, 6) is 2.19. The van der Waals surface area contributed by atoms with Crippen LogP contribution in [0.5, 0.6) is 0 Å². The van der Waals surface area contributed by atoms with Crippen molar-refractivity contribution in [3.8, 4) is 0 Å². The van der Waals surface area contributed by atoms with E-state index in [-0.39, 0.29) is 0 Å². The molecule has 90 valence electrons. The fourth-order valence-electron chi connectivity index (χ4n) is 2.12. The minimum atomic E-state index is -3.15. The van der Waals surface area contributed by atoms with Crippen LogP contribution in [0.2, 0.25) is 0 Å². The van der Waals surface area contributed by atoms with Gasteiger partial charge in [-0.15, -0.1) is 0 Å². The second-order valence-electron chi connectivity index (χ2n) is 4.89. The Hall–Kier alpha value is -1.36. The zero-order valence-corrected chi connectivity index (χ0v) is 10.6. The van der Waals surface area contributed by atoms with E-state index in [2.05, 4.69) is 16.9 Å². The Kier molecular flexibility index (Phi) is 2.10. The second kappa shape index (κ2) is 3.32. The lowest BCUT2D eigenvalue weighted by Crippen LogP contribution is -1.96. The highest BCUT2D eigenvalue weighted by Gasteiger charge is 2.36. The molecule has 1 N–H and O–H groups in total. The molecule has 0 spiro atoms. The summed E-state index contributed by atoms with van der Waals surface area (Å²) in [5, 5.41) is 0. The molecule has 1 aromatic carbocycles. The van der Waals surface area contributed by atoms with Crippen LogP contribution in [0.4, 0.5) is 0 Å². The molecular formula is C12H14N2O2S. The molecule has 0 saturated heterocycles. The maximum Gasteiger partial charge on any atom is 0.175 e. The first kappa shape index (κ1) is 10.8. The third-order valence-corrected chi connectivity index (χ3v) is 4.47. The fraction of sp³-hybridized carbons (Fsp3) is 0.417. The lowest BCUT2D eigenvalue weighted by molar-refractivity contribution is 0.602. The molecule has 1 aliphatic rings. The number of hydrogen-bond donors (Lipinski definition) is 1. The first-order chi connectivity index (χ1) is 7.95. The third-order valence-electron chi connectivity index (χ3n) is 3.36. The van der Waals surface area contributed by atoms with E-state index in [1.807, 2.05) is 0 Å². The Bertz CT molecular complexity index is 688.